The molecular weight excluding hydrogens is 650 g/mol. The number of aromatic nitrogens is 2. The number of imidazole rings is 1. The number of hydrogen-bond acceptors (Lipinski definition) is 6. The number of carbonyl (C=O) groups is 1. The van der Waals surface area contributed by atoms with Gasteiger partial charge in [0.25, 0.3) is 5.91 Å². The van der Waals surface area contributed by atoms with Crippen molar-refractivity contribution in [3.8, 4) is 0 Å². The normalized spacial score (nSPS) is 23.0. The third kappa shape index (κ3) is 6.23. The van der Waals surface area contributed by atoms with Gasteiger partial charge in [0.15, 0.2) is 0 Å². The number of thioether (sulfide) groups is 1. The molecule has 0 saturated carbocycles. The van der Waals surface area contributed by atoms with Gasteiger partial charge in [0.05, 0.1) is 16.1 Å². The molecule has 0 spiro atoms. The second kappa shape index (κ2) is 12.9. The fourth-order valence-electron chi connectivity index (χ4n) is 8.59. The first-order chi connectivity index (χ1) is 22.6. The predicted octanol–water partition coefficient (Wildman–Crippen LogP) is 6.80. The van der Waals surface area contributed by atoms with Gasteiger partial charge in [0.1, 0.15) is 10.7 Å². The van der Waals surface area contributed by atoms with Crippen LogP contribution in [-0.2, 0) is 15.4 Å². The predicted molar refractivity (Wildman–Crippen MR) is 189 cm³/mol. The number of likely N-dealkylation sites (tertiary alicyclic amines) is 1. The monoisotopic (exact) mass is 691 g/mol. The Labute approximate surface area is 286 Å². The number of nitrogens with two attached hydrogens (primary N) is 1. The van der Waals surface area contributed by atoms with Gasteiger partial charge in [-0.3, -0.25) is 9.69 Å². The van der Waals surface area contributed by atoms with Crippen LogP contribution in [0.15, 0.2) is 76.5 Å². The van der Waals surface area contributed by atoms with Crippen LogP contribution in [-0.4, -0.2) is 71.6 Å². The maximum absolute atomic E-state index is 13.6. The van der Waals surface area contributed by atoms with Crippen LogP contribution in [0.4, 0.5) is 0 Å². The first-order valence-corrected chi connectivity index (χ1v) is 19.7. The Balaban J connectivity index is 1.08. The Kier molecular flexibility index (Phi) is 8.93. The number of para-hydroxylation sites is 2. The van der Waals surface area contributed by atoms with E-state index >= 15 is 0 Å². The van der Waals surface area contributed by atoms with Crippen LogP contribution >= 0.6 is 23.4 Å². The molecule has 0 radical (unpaired) electrons. The number of aryl methyl sites for hydroxylation is 1. The van der Waals surface area contributed by atoms with E-state index in [4.69, 9.17) is 21.7 Å². The molecule has 2 bridgehead atoms. The Hall–Kier alpha value is -2.89. The maximum Gasteiger partial charge on any atom is 0.253 e. The molecule has 1 unspecified atom stereocenters. The summed E-state index contributed by atoms with van der Waals surface area (Å²) in [5, 5.41) is 5.37. The molecule has 2 N–H and O–H groups in total. The number of nitrogens with zero attached hydrogens (tertiary/aromatic N) is 4. The molecule has 11 heteroatoms. The molecule has 3 atom stereocenters. The van der Waals surface area contributed by atoms with Gasteiger partial charge in [0.2, 0.25) is 10.0 Å². The lowest BCUT2D eigenvalue weighted by molar-refractivity contribution is 0.0606. The van der Waals surface area contributed by atoms with E-state index in [1.807, 2.05) is 4.90 Å². The van der Waals surface area contributed by atoms with Crippen LogP contribution in [0, 0.1) is 6.92 Å². The fraction of sp³-hybridized carbons (Fsp3) is 0.444. The van der Waals surface area contributed by atoms with E-state index in [-0.39, 0.29) is 26.8 Å². The molecule has 248 valence electrons. The molecule has 4 aromatic rings. The molecule has 3 aliphatic heterocycles. The number of benzene rings is 3. The SMILES string of the molecule is CSc1ccc(C2(CCN3[C@@H]4CC[C@H]3CC(n3c(C)nc5ccccc53)C4)CCN(C(=O)c3ccc(Cl)c(S(N)(=O)=O)c3)CC2)cc1. The average Bonchev–Trinajstić information content (AvgIpc) is 3.53. The Morgan fingerprint density at radius 2 is 1.68 bits per heavy atom. The van der Waals surface area contributed by atoms with Crippen LogP contribution < -0.4 is 5.14 Å². The summed E-state index contributed by atoms with van der Waals surface area (Å²) in [5.74, 6) is 0.915. The highest BCUT2D eigenvalue weighted by atomic mass is 35.5. The number of primary sulfonamides is 1. The lowest BCUT2D eigenvalue weighted by atomic mass is 9.70. The molecule has 4 heterocycles. The molecule has 1 aromatic heterocycles. The smallest absolute Gasteiger partial charge is 0.253 e. The Morgan fingerprint density at radius 1 is 1.00 bits per heavy atom. The van der Waals surface area contributed by atoms with Gasteiger partial charge < -0.3 is 9.47 Å². The third-order valence-corrected chi connectivity index (χ3v) is 13.2. The quantitative estimate of drug-likeness (QED) is 0.204. The molecule has 8 nitrogen and oxygen atoms in total. The van der Waals surface area contributed by atoms with Crippen LogP contribution in [0.1, 0.15) is 72.7 Å². The zero-order chi connectivity index (χ0) is 32.9. The maximum atomic E-state index is 13.6. The summed E-state index contributed by atoms with van der Waals surface area (Å²) in [6, 6.07) is 23.4. The Bertz CT molecular complexity index is 1890. The number of carbonyl (C=O) groups excluding carboxylic acids is 1. The standard InChI is InChI=1S/C36H42ClN5O3S2/c1-24-39-32-5-3-4-6-33(32)42(24)29-22-27-10-11-28(23-29)41(27)20-17-36(26-8-12-30(46-2)13-9-26)15-18-40(19-16-36)35(43)25-7-14-31(37)34(21-25)47(38,44)45/h3-9,12-14,21,27-29H,10-11,15-20,22-23H2,1-2H3,(H2,38,44,45)/t27-,28+,29?. The molecule has 1 amide bonds. The van der Waals surface area contributed by atoms with Gasteiger partial charge in [-0.15, -0.1) is 11.8 Å². The number of amides is 1. The topological polar surface area (TPSA) is 102 Å². The van der Waals surface area contributed by atoms with Gasteiger partial charge in [-0.1, -0.05) is 35.9 Å². The van der Waals surface area contributed by atoms with Crippen molar-refractivity contribution in [1.82, 2.24) is 19.4 Å². The Morgan fingerprint density at radius 3 is 2.34 bits per heavy atom. The summed E-state index contributed by atoms with van der Waals surface area (Å²) in [6.45, 7) is 4.37. The van der Waals surface area contributed by atoms with E-state index in [1.165, 1.54) is 41.0 Å². The van der Waals surface area contributed by atoms with E-state index in [2.05, 4.69) is 71.2 Å². The molecule has 3 fully saturated rings. The lowest BCUT2D eigenvalue weighted by Gasteiger charge is -2.45. The summed E-state index contributed by atoms with van der Waals surface area (Å²) >= 11 is 7.84. The van der Waals surface area contributed by atoms with Crippen LogP contribution in [0.25, 0.3) is 11.0 Å². The second-order valence-electron chi connectivity index (χ2n) is 13.5. The summed E-state index contributed by atoms with van der Waals surface area (Å²) in [7, 11) is -4.04. The number of piperidine rings is 2. The number of sulfonamides is 1. The van der Waals surface area contributed by atoms with Crippen molar-refractivity contribution in [2.75, 3.05) is 25.9 Å². The van der Waals surface area contributed by atoms with Crippen LogP contribution in [0.5, 0.6) is 0 Å². The number of hydrogen-bond donors (Lipinski definition) is 1. The molecule has 3 aliphatic rings. The second-order valence-corrected chi connectivity index (χ2v) is 16.3. The molecule has 0 aliphatic carbocycles. The summed E-state index contributed by atoms with van der Waals surface area (Å²) in [4.78, 5) is 24.1. The average molecular weight is 692 g/mol. The first-order valence-electron chi connectivity index (χ1n) is 16.5. The minimum Gasteiger partial charge on any atom is -0.339 e. The molecule has 3 saturated heterocycles. The number of fused-ring (bicyclic) bond motifs is 3. The van der Waals surface area contributed by atoms with E-state index in [9.17, 15) is 13.2 Å². The zero-order valence-corrected chi connectivity index (χ0v) is 29.3. The highest BCUT2D eigenvalue weighted by molar-refractivity contribution is 7.98. The van der Waals surface area contributed by atoms with Gasteiger partial charge in [-0.25, -0.2) is 18.5 Å². The van der Waals surface area contributed by atoms with Crippen molar-refractivity contribution in [2.24, 2.45) is 5.14 Å². The van der Waals surface area contributed by atoms with Crippen molar-refractivity contribution in [3.63, 3.8) is 0 Å². The van der Waals surface area contributed by atoms with E-state index in [0.717, 1.165) is 50.0 Å². The minimum atomic E-state index is -4.04. The fourth-order valence-corrected chi connectivity index (χ4v) is 10.1. The summed E-state index contributed by atoms with van der Waals surface area (Å²) in [6.07, 6.45) is 9.61. The van der Waals surface area contributed by atoms with Crippen molar-refractivity contribution < 1.29 is 13.2 Å². The third-order valence-electron chi connectivity index (χ3n) is 11.0. The zero-order valence-electron chi connectivity index (χ0n) is 26.9. The summed E-state index contributed by atoms with van der Waals surface area (Å²) in [5.41, 5.74) is 3.91. The van der Waals surface area contributed by atoms with Crippen molar-refractivity contribution in [1.29, 1.82) is 0 Å². The van der Waals surface area contributed by atoms with Crippen LogP contribution in [0.3, 0.4) is 0 Å². The van der Waals surface area contributed by atoms with Crippen LogP contribution in [0.2, 0.25) is 5.02 Å². The van der Waals surface area contributed by atoms with Gasteiger partial charge in [-0.2, -0.15) is 0 Å². The summed E-state index contributed by atoms with van der Waals surface area (Å²) < 4.78 is 26.6. The molecule has 47 heavy (non-hydrogen) atoms. The first kappa shape index (κ1) is 32.6. The van der Waals surface area contributed by atoms with E-state index in [0.29, 0.717) is 31.2 Å². The molecule has 3 aromatic carbocycles. The van der Waals surface area contributed by atoms with E-state index in [1.54, 1.807) is 17.8 Å². The number of halogens is 1. The molecular formula is C36H42ClN5O3S2. The highest BCUT2D eigenvalue weighted by Gasteiger charge is 2.44. The van der Waals surface area contributed by atoms with Crippen molar-refractivity contribution in [3.05, 3.63) is 88.7 Å². The van der Waals surface area contributed by atoms with E-state index < -0.39 is 10.0 Å². The van der Waals surface area contributed by atoms with Gasteiger partial charge in [0, 0.05) is 41.7 Å². The highest BCUT2D eigenvalue weighted by Crippen LogP contribution is 2.45. The van der Waals surface area contributed by atoms with Gasteiger partial charge in [-0.05, 0) is 118 Å². The van der Waals surface area contributed by atoms with Gasteiger partial charge >= 0.3 is 0 Å². The number of rotatable bonds is 8. The van der Waals surface area contributed by atoms with Crippen molar-refractivity contribution >= 4 is 50.3 Å². The van der Waals surface area contributed by atoms with Crippen molar-refractivity contribution in [2.45, 2.75) is 85.2 Å². The largest absolute Gasteiger partial charge is 0.339 e. The molecule has 7 rings (SSSR count). The minimum absolute atomic E-state index is 0.0157. The lowest BCUT2D eigenvalue weighted by Crippen LogP contribution is -2.49.